The molecule has 0 spiro atoms. The van der Waals surface area contributed by atoms with Crippen molar-refractivity contribution in [3.8, 4) is 0 Å². The molecule has 0 amide bonds. The normalized spacial score (nSPS) is 12.4. The van der Waals surface area contributed by atoms with Crippen molar-refractivity contribution in [1.82, 2.24) is 15.0 Å². The van der Waals surface area contributed by atoms with Crippen LogP contribution in [0.3, 0.4) is 0 Å². The lowest BCUT2D eigenvalue weighted by molar-refractivity contribution is 0.631. The smallest absolute Gasteiger partial charge is 0.153 e. The predicted octanol–water partition coefficient (Wildman–Crippen LogP) is 1.18. The van der Waals surface area contributed by atoms with Crippen LogP contribution in [0.25, 0.3) is 0 Å². The molecule has 2 N–H and O–H groups in total. The average Bonchev–Trinajstić information content (AvgIpc) is 2.10. The molecule has 1 aromatic heterocycles. The maximum atomic E-state index is 5.58. The molecule has 1 unspecified atom stereocenters. The molecule has 4 nitrogen and oxygen atoms in total. The molecule has 0 aliphatic heterocycles. The van der Waals surface area contributed by atoms with E-state index in [2.05, 4.69) is 26.1 Å². The molecule has 1 heterocycles. The molecular formula is C5H10Br2N4. The first kappa shape index (κ1) is 11.1. The first-order chi connectivity index (χ1) is 4.61. The first-order valence-electron chi connectivity index (χ1n) is 2.93. The van der Waals surface area contributed by atoms with Crippen molar-refractivity contribution in [2.45, 2.75) is 13.0 Å². The molecule has 0 saturated carbocycles. The third kappa shape index (κ3) is 2.53. The number of hydrogen-bond donors (Lipinski definition) is 1. The topological polar surface area (TPSA) is 56.7 Å². The molecule has 0 radical (unpaired) electrons. The standard InChI is InChI=1S/C5H9BrN4.BrH/c1-3(7)4-5(6)9-10(2)8-4;/h3H,7H2,1-2H3;1H. The maximum Gasteiger partial charge on any atom is 0.153 e. The minimum Gasteiger partial charge on any atom is -0.323 e. The predicted molar refractivity (Wildman–Crippen MR) is 51.6 cm³/mol. The maximum absolute atomic E-state index is 5.58. The lowest BCUT2D eigenvalue weighted by Gasteiger charge is -1.96. The van der Waals surface area contributed by atoms with Crippen molar-refractivity contribution < 1.29 is 0 Å². The minimum absolute atomic E-state index is 0. The highest BCUT2D eigenvalue weighted by Crippen LogP contribution is 2.15. The molecule has 0 bridgehead atoms. The van der Waals surface area contributed by atoms with E-state index >= 15 is 0 Å². The molecule has 0 saturated heterocycles. The lowest BCUT2D eigenvalue weighted by Crippen LogP contribution is -2.06. The Hall–Kier alpha value is 0.0600. The van der Waals surface area contributed by atoms with E-state index in [0.29, 0.717) is 0 Å². The van der Waals surface area contributed by atoms with Crippen LogP contribution < -0.4 is 5.73 Å². The summed E-state index contributed by atoms with van der Waals surface area (Å²) in [6.45, 7) is 1.87. The van der Waals surface area contributed by atoms with Crippen molar-refractivity contribution in [2.24, 2.45) is 12.8 Å². The van der Waals surface area contributed by atoms with Crippen LogP contribution >= 0.6 is 32.9 Å². The monoisotopic (exact) mass is 284 g/mol. The van der Waals surface area contributed by atoms with Gasteiger partial charge in [-0.1, -0.05) is 0 Å². The van der Waals surface area contributed by atoms with E-state index in [4.69, 9.17) is 5.73 Å². The molecule has 1 atom stereocenters. The van der Waals surface area contributed by atoms with Crippen LogP contribution in [-0.2, 0) is 7.05 Å². The summed E-state index contributed by atoms with van der Waals surface area (Å²) in [4.78, 5) is 1.49. The van der Waals surface area contributed by atoms with Crippen molar-refractivity contribution >= 4 is 32.9 Å². The van der Waals surface area contributed by atoms with Crippen LogP contribution in [0.2, 0.25) is 0 Å². The van der Waals surface area contributed by atoms with Gasteiger partial charge in [-0.15, -0.1) is 22.1 Å². The number of rotatable bonds is 1. The molecule has 0 fully saturated rings. The van der Waals surface area contributed by atoms with Gasteiger partial charge in [0.25, 0.3) is 0 Å². The van der Waals surface area contributed by atoms with E-state index in [9.17, 15) is 0 Å². The Labute approximate surface area is 84.0 Å². The summed E-state index contributed by atoms with van der Waals surface area (Å²) in [6.07, 6.45) is 0. The van der Waals surface area contributed by atoms with Crippen LogP contribution in [0.15, 0.2) is 4.60 Å². The summed E-state index contributed by atoms with van der Waals surface area (Å²) in [5.41, 5.74) is 6.38. The summed E-state index contributed by atoms with van der Waals surface area (Å²) in [5, 5.41) is 8.02. The van der Waals surface area contributed by atoms with Gasteiger partial charge in [0.05, 0.1) is 0 Å². The van der Waals surface area contributed by atoms with E-state index < -0.39 is 0 Å². The quantitative estimate of drug-likeness (QED) is 0.843. The third-order valence-electron chi connectivity index (χ3n) is 1.13. The second-order valence-electron chi connectivity index (χ2n) is 2.15. The fraction of sp³-hybridized carbons (Fsp3) is 0.600. The largest absolute Gasteiger partial charge is 0.323 e. The Morgan fingerprint density at radius 1 is 1.55 bits per heavy atom. The molecule has 0 aliphatic carbocycles. The Morgan fingerprint density at radius 3 is 2.27 bits per heavy atom. The van der Waals surface area contributed by atoms with Gasteiger partial charge < -0.3 is 5.73 Å². The molecule has 6 heteroatoms. The van der Waals surface area contributed by atoms with Crippen molar-refractivity contribution in [3.63, 3.8) is 0 Å². The molecule has 0 aromatic carbocycles. The lowest BCUT2D eigenvalue weighted by atomic mass is 10.3. The Morgan fingerprint density at radius 2 is 2.09 bits per heavy atom. The number of nitrogens with zero attached hydrogens (tertiary/aromatic N) is 3. The highest BCUT2D eigenvalue weighted by Gasteiger charge is 2.09. The third-order valence-corrected chi connectivity index (χ3v) is 1.69. The summed E-state index contributed by atoms with van der Waals surface area (Å²) in [6, 6.07) is -0.0666. The zero-order valence-corrected chi connectivity index (χ0v) is 9.58. The Kier molecular flexibility index (Phi) is 4.20. The molecular weight excluding hydrogens is 276 g/mol. The van der Waals surface area contributed by atoms with Gasteiger partial charge in [-0.3, -0.25) is 0 Å². The zero-order valence-electron chi connectivity index (χ0n) is 6.28. The van der Waals surface area contributed by atoms with E-state index in [1.54, 1.807) is 7.05 Å². The number of aryl methyl sites for hydroxylation is 1. The van der Waals surface area contributed by atoms with Crippen molar-refractivity contribution in [2.75, 3.05) is 0 Å². The summed E-state index contributed by atoms with van der Waals surface area (Å²) < 4.78 is 0.727. The van der Waals surface area contributed by atoms with Gasteiger partial charge in [0, 0.05) is 13.1 Å². The van der Waals surface area contributed by atoms with E-state index in [0.717, 1.165) is 10.3 Å². The number of hydrogen-bond acceptors (Lipinski definition) is 3. The van der Waals surface area contributed by atoms with Gasteiger partial charge in [0.15, 0.2) is 4.60 Å². The van der Waals surface area contributed by atoms with Gasteiger partial charge >= 0.3 is 0 Å². The fourth-order valence-corrected chi connectivity index (χ4v) is 1.35. The minimum atomic E-state index is -0.0666. The fourth-order valence-electron chi connectivity index (χ4n) is 0.677. The SMILES string of the molecule is Br.CC(N)c1nn(C)nc1Br. The average molecular weight is 286 g/mol. The van der Waals surface area contributed by atoms with Crippen LogP contribution in [0, 0.1) is 0 Å². The van der Waals surface area contributed by atoms with Crippen molar-refractivity contribution in [3.05, 3.63) is 10.3 Å². The Bertz CT molecular complexity index is 232. The van der Waals surface area contributed by atoms with Gasteiger partial charge in [-0.05, 0) is 22.9 Å². The van der Waals surface area contributed by atoms with Gasteiger partial charge in [0.2, 0.25) is 0 Å². The number of halogens is 2. The molecule has 1 aromatic rings. The summed E-state index contributed by atoms with van der Waals surface area (Å²) in [7, 11) is 1.76. The van der Waals surface area contributed by atoms with Gasteiger partial charge in [-0.25, -0.2) is 0 Å². The van der Waals surface area contributed by atoms with Gasteiger partial charge in [-0.2, -0.15) is 9.90 Å². The van der Waals surface area contributed by atoms with Crippen LogP contribution in [-0.4, -0.2) is 15.0 Å². The van der Waals surface area contributed by atoms with Crippen molar-refractivity contribution in [1.29, 1.82) is 0 Å². The second-order valence-corrected chi connectivity index (χ2v) is 2.91. The number of aromatic nitrogens is 3. The van der Waals surface area contributed by atoms with E-state index in [-0.39, 0.29) is 23.0 Å². The summed E-state index contributed by atoms with van der Waals surface area (Å²) >= 11 is 3.24. The number of nitrogens with two attached hydrogens (primary N) is 1. The zero-order chi connectivity index (χ0) is 7.72. The van der Waals surface area contributed by atoms with E-state index in [1.165, 1.54) is 4.80 Å². The highest BCUT2D eigenvalue weighted by molar-refractivity contribution is 9.10. The molecule has 1 rings (SSSR count). The Balaban J connectivity index is 0.000001000. The molecule has 11 heavy (non-hydrogen) atoms. The molecule has 64 valence electrons. The van der Waals surface area contributed by atoms with Gasteiger partial charge in [0.1, 0.15) is 5.69 Å². The summed E-state index contributed by atoms with van der Waals surface area (Å²) in [5.74, 6) is 0. The second kappa shape index (κ2) is 4.18. The van der Waals surface area contributed by atoms with Crippen LogP contribution in [0.4, 0.5) is 0 Å². The highest BCUT2D eigenvalue weighted by atomic mass is 79.9. The van der Waals surface area contributed by atoms with Crippen LogP contribution in [0.1, 0.15) is 18.7 Å². The van der Waals surface area contributed by atoms with Crippen LogP contribution in [0.5, 0.6) is 0 Å². The molecule has 0 aliphatic rings. The first-order valence-corrected chi connectivity index (χ1v) is 3.73. The van der Waals surface area contributed by atoms with E-state index in [1.807, 2.05) is 6.92 Å².